The third-order valence-corrected chi connectivity index (χ3v) is 5.10. The molecule has 154 valence electrons. The van der Waals surface area contributed by atoms with Crippen LogP contribution in [-0.4, -0.2) is 28.8 Å². The van der Waals surface area contributed by atoms with Gasteiger partial charge in [-0.3, -0.25) is 4.79 Å². The molecule has 4 nitrogen and oxygen atoms in total. The molecule has 0 amide bonds. The number of carbonyl (C=O) groups is 1. The van der Waals surface area contributed by atoms with E-state index in [1.165, 1.54) is 64.2 Å². The molecular weight excluding hydrogens is 338 g/mol. The van der Waals surface area contributed by atoms with Gasteiger partial charge in [-0.2, -0.15) is 0 Å². The zero-order valence-electron chi connectivity index (χ0n) is 17.1. The second kappa shape index (κ2) is 15.5. The van der Waals surface area contributed by atoms with Crippen molar-refractivity contribution in [3.63, 3.8) is 0 Å². The highest BCUT2D eigenvalue weighted by Gasteiger charge is 2.16. The number of unbranched alkanes of at least 4 members (excludes halogenated alkanes) is 11. The minimum Gasteiger partial charge on any atom is -0.508 e. The summed E-state index contributed by atoms with van der Waals surface area (Å²) in [6.45, 7) is 3.00. The lowest BCUT2D eigenvalue weighted by atomic mass is 10.0. The monoisotopic (exact) mass is 377 g/mol. The first kappa shape index (κ1) is 23.5. The molecule has 0 aromatic heterocycles. The summed E-state index contributed by atoms with van der Waals surface area (Å²) in [6.07, 6.45) is 16.1. The van der Waals surface area contributed by atoms with E-state index in [9.17, 15) is 15.0 Å². The smallest absolute Gasteiger partial charge is 0.321 e. The summed E-state index contributed by atoms with van der Waals surface area (Å²) in [5.74, 6) is -0.614. The Hall–Kier alpha value is -1.55. The number of carboxylic acid groups (broad SMARTS) is 1. The molecule has 4 heteroatoms. The van der Waals surface area contributed by atoms with Crippen LogP contribution in [0, 0.1) is 0 Å². The highest BCUT2D eigenvalue weighted by atomic mass is 16.4. The first-order valence-corrected chi connectivity index (χ1v) is 10.9. The molecule has 1 aromatic rings. The number of phenols is 1. The summed E-state index contributed by atoms with van der Waals surface area (Å²) in [7, 11) is 0. The van der Waals surface area contributed by atoms with Gasteiger partial charge in [-0.25, -0.2) is 0 Å². The van der Waals surface area contributed by atoms with E-state index >= 15 is 0 Å². The largest absolute Gasteiger partial charge is 0.508 e. The van der Waals surface area contributed by atoms with Gasteiger partial charge in [0.2, 0.25) is 0 Å². The minimum absolute atomic E-state index is 0.204. The first-order valence-electron chi connectivity index (χ1n) is 10.9. The Morgan fingerprint density at radius 2 is 1.33 bits per heavy atom. The maximum absolute atomic E-state index is 11.4. The van der Waals surface area contributed by atoms with Crippen LogP contribution < -0.4 is 5.32 Å². The molecule has 0 aliphatic carbocycles. The van der Waals surface area contributed by atoms with Crippen molar-refractivity contribution in [3.8, 4) is 5.75 Å². The second-order valence-electron chi connectivity index (χ2n) is 7.60. The highest BCUT2D eigenvalue weighted by molar-refractivity contribution is 5.73. The summed E-state index contributed by atoms with van der Waals surface area (Å²) >= 11 is 0. The predicted molar refractivity (Wildman–Crippen MR) is 112 cm³/mol. The number of benzene rings is 1. The van der Waals surface area contributed by atoms with E-state index < -0.39 is 12.0 Å². The lowest BCUT2D eigenvalue weighted by Gasteiger charge is -2.14. The number of hydrogen-bond acceptors (Lipinski definition) is 3. The number of aromatic hydroxyl groups is 1. The summed E-state index contributed by atoms with van der Waals surface area (Å²) in [6, 6.07) is 6.18. The number of aliphatic carboxylic acids is 1. The fourth-order valence-corrected chi connectivity index (χ4v) is 3.36. The number of rotatable bonds is 17. The molecule has 0 bridgehead atoms. The van der Waals surface area contributed by atoms with Crippen LogP contribution in [0.25, 0.3) is 0 Å². The topological polar surface area (TPSA) is 69.6 Å². The van der Waals surface area contributed by atoms with E-state index in [2.05, 4.69) is 12.2 Å². The molecule has 0 aliphatic heterocycles. The normalized spacial score (nSPS) is 12.2. The Morgan fingerprint density at radius 1 is 0.852 bits per heavy atom. The van der Waals surface area contributed by atoms with Gasteiger partial charge < -0.3 is 15.5 Å². The van der Waals surface area contributed by atoms with Crippen LogP contribution in [0.1, 0.15) is 89.5 Å². The molecule has 0 fully saturated rings. The standard InChI is InChI=1S/C23H39NO3/c1-2-3-4-5-6-7-8-9-10-11-12-13-18-24-22(23(26)27)19-20-14-16-21(25)17-15-20/h14-17,22,24-25H,2-13,18-19H2,1H3,(H,26,27)/t22-/m0/s1. The molecule has 0 saturated heterocycles. The molecule has 1 atom stereocenters. The van der Waals surface area contributed by atoms with Gasteiger partial charge in [0.15, 0.2) is 0 Å². The van der Waals surface area contributed by atoms with Crippen molar-refractivity contribution in [1.82, 2.24) is 5.32 Å². The highest BCUT2D eigenvalue weighted by Crippen LogP contribution is 2.13. The summed E-state index contributed by atoms with van der Waals surface area (Å²) in [5, 5.41) is 21.8. The average molecular weight is 378 g/mol. The third-order valence-electron chi connectivity index (χ3n) is 5.10. The molecule has 0 radical (unpaired) electrons. The van der Waals surface area contributed by atoms with Crippen molar-refractivity contribution in [2.24, 2.45) is 0 Å². The Balaban J connectivity index is 2.00. The van der Waals surface area contributed by atoms with Crippen LogP contribution in [-0.2, 0) is 11.2 Å². The Labute approximate surface area is 165 Å². The number of carboxylic acids is 1. The van der Waals surface area contributed by atoms with Gasteiger partial charge in [0.25, 0.3) is 0 Å². The molecule has 27 heavy (non-hydrogen) atoms. The third kappa shape index (κ3) is 12.5. The van der Waals surface area contributed by atoms with Crippen molar-refractivity contribution in [1.29, 1.82) is 0 Å². The van der Waals surface area contributed by atoms with E-state index in [1.807, 2.05) is 0 Å². The van der Waals surface area contributed by atoms with E-state index in [4.69, 9.17) is 0 Å². The van der Waals surface area contributed by atoms with Gasteiger partial charge in [-0.15, -0.1) is 0 Å². The minimum atomic E-state index is -0.818. The second-order valence-corrected chi connectivity index (χ2v) is 7.60. The van der Waals surface area contributed by atoms with Gasteiger partial charge in [-0.1, -0.05) is 89.7 Å². The van der Waals surface area contributed by atoms with Crippen molar-refractivity contribution in [2.75, 3.05) is 6.54 Å². The number of nitrogens with one attached hydrogen (secondary N) is 1. The fourth-order valence-electron chi connectivity index (χ4n) is 3.36. The average Bonchev–Trinajstić information content (AvgIpc) is 2.66. The summed E-state index contributed by atoms with van der Waals surface area (Å²) in [4.78, 5) is 11.4. The van der Waals surface area contributed by atoms with Crippen molar-refractivity contribution in [3.05, 3.63) is 29.8 Å². The number of phenolic OH excluding ortho intramolecular Hbond substituents is 1. The zero-order valence-corrected chi connectivity index (χ0v) is 17.1. The molecule has 0 heterocycles. The van der Waals surface area contributed by atoms with Crippen LogP contribution in [0.3, 0.4) is 0 Å². The Bertz CT molecular complexity index is 487. The predicted octanol–water partition coefficient (Wildman–Crippen LogP) is 5.68. The van der Waals surface area contributed by atoms with Crippen LogP contribution in [0.5, 0.6) is 5.75 Å². The van der Waals surface area contributed by atoms with E-state index in [-0.39, 0.29) is 5.75 Å². The molecular formula is C23H39NO3. The first-order chi connectivity index (χ1) is 13.1. The Morgan fingerprint density at radius 3 is 1.81 bits per heavy atom. The van der Waals surface area contributed by atoms with Crippen LogP contribution >= 0.6 is 0 Å². The van der Waals surface area contributed by atoms with Gasteiger partial charge in [0.05, 0.1) is 0 Å². The molecule has 0 unspecified atom stereocenters. The summed E-state index contributed by atoms with van der Waals surface area (Å²) in [5.41, 5.74) is 0.919. The molecule has 0 aliphatic rings. The van der Waals surface area contributed by atoms with Gasteiger partial charge in [-0.05, 0) is 37.1 Å². The van der Waals surface area contributed by atoms with Crippen molar-refractivity contribution < 1.29 is 15.0 Å². The van der Waals surface area contributed by atoms with Crippen LogP contribution in [0.15, 0.2) is 24.3 Å². The van der Waals surface area contributed by atoms with Crippen molar-refractivity contribution >= 4 is 5.97 Å². The van der Waals surface area contributed by atoms with E-state index in [1.54, 1.807) is 24.3 Å². The van der Waals surface area contributed by atoms with Crippen LogP contribution in [0.2, 0.25) is 0 Å². The lowest BCUT2D eigenvalue weighted by Crippen LogP contribution is -2.39. The fraction of sp³-hybridized carbons (Fsp3) is 0.696. The maximum Gasteiger partial charge on any atom is 0.321 e. The van der Waals surface area contributed by atoms with E-state index in [0.29, 0.717) is 6.42 Å². The van der Waals surface area contributed by atoms with Gasteiger partial charge >= 0.3 is 5.97 Å². The molecule has 0 saturated carbocycles. The van der Waals surface area contributed by atoms with Crippen LogP contribution in [0.4, 0.5) is 0 Å². The number of hydrogen-bond donors (Lipinski definition) is 3. The van der Waals surface area contributed by atoms with E-state index in [0.717, 1.165) is 24.9 Å². The molecule has 0 spiro atoms. The SMILES string of the molecule is CCCCCCCCCCCCCCN[C@@H](Cc1ccc(O)cc1)C(=O)O. The van der Waals surface area contributed by atoms with Gasteiger partial charge in [0.1, 0.15) is 11.8 Å². The molecule has 1 aromatic carbocycles. The Kier molecular flexibility index (Phi) is 13.5. The molecule has 1 rings (SSSR count). The summed E-state index contributed by atoms with van der Waals surface area (Å²) < 4.78 is 0. The maximum atomic E-state index is 11.4. The zero-order chi connectivity index (χ0) is 19.7. The molecule has 3 N–H and O–H groups in total. The van der Waals surface area contributed by atoms with Crippen molar-refractivity contribution in [2.45, 2.75) is 96.4 Å². The van der Waals surface area contributed by atoms with Gasteiger partial charge in [0, 0.05) is 0 Å². The lowest BCUT2D eigenvalue weighted by molar-refractivity contribution is -0.139. The quantitative estimate of drug-likeness (QED) is 0.306.